The summed E-state index contributed by atoms with van der Waals surface area (Å²) in [5.74, 6) is -0.276. The quantitative estimate of drug-likeness (QED) is 0.770. The van der Waals surface area contributed by atoms with Crippen molar-refractivity contribution in [3.05, 3.63) is 41.1 Å². The van der Waals surface area contributed by atoms with Crippen LogP contribution in [-0.4, -0.2) is 25.1 Å². The second-order valence-electron chi connectivity index (χ2n) is 4.94. The van der Waals surface area contributed by atoms with Crippen LogP contribution in [0.4, 0.5) is 5.69 Å². The van der Waals surface area contributed by atoms with Crippen molar-refractivity contribution in [3.8, 4) is 0 Å². The number of rotatable bonds is 4. The molecule has 0 atom stereocenters. The van der Waals surface area contributed by atoms with Crippen molar-refractivity contribution in [2.75, 3.05) is 5.32 Å². The number of hydrogen-bond donors (Lipinski definition) is 3. The van der Waals surface area contributed by atoms with Crippen molar-refractivity contribution < 1.29 is 18.3 Å². The maximum absolute atomic E-state index is 12.1. The van der Waals surface area contributed by atoms with Crippen LogP contribution in [0.25, 0.3) is 0 Å². The highest BCUT2D eigenvalue weighted by atomic mass is 32.2. The standard InChI is InChI=1S/C14H17N3O4S/c1-9-13(10(2)17-22(20,21)16-9)7-14(19)15-12-5-3-11(8-18)4-6-12/h3-6,16,18H,7-8H2,1-2H3,(H,15,19). The second kappa shape index (κ2) is 6.29. The molecule has 22 heavy (non-hydrogen) atoms. The predicted molar refractivity (Wildman–Crippen MR) is 83.5 cm³/mol. The van der Waals surface area contributed by atoms with Crippen LogP contribution in [0.5, 0.6) is 0 Å². The molecule has 118 valence electrons. The van der Waals surface area contributed by atoms with E-state index in [-0.39, 0.29) is 18.9 Å². The summed E-state index contributed by atoms with van der Waals surface area (Å²) in [6, 6.07) is 6.80. The smallest absolute Gasteiger partial charge is 0.342 e. The van der Waals surface area contributed by atoms with E-state index in [2.05, 4.69) is 14.4 Å². The fourth-order valence-electron chi connectivity index (χ4n) is 2.10. The van der Waals surface area contributed by atoms with Gasteiger partial charge in [-0.2, -0.15) is 8.42 Å². The van der Waals surface area contributed by atoms with Crippen molar-refractivity contribution >= 4 is 27.5 Å². The summed E-state index contributed by atoms with van der Waals surface area (Å²) in [7, 11) is -3.69. The Morgan fingerprint density at radius 3 is 2.45 bits per heavy atom. The molecule has 0 aromatic heterocycles. The van der Waals surface area contributed by atoms with E-state index in [4.69, 9.17) is 5.11 Å². The Balaban J connectivity index is 2.07. The van der Waals surface area contributed by atoms with Gasteiger partial charge in [-0.3, -0.25) is 9.52 Å². The number of anilines is 1. The molecule has 0 saturated carbocycles. The number of carbonyl (C=O) groups excluding carboxylic acids is 1. The minimum atomic E-state index is -3.69. The Morgan fingerprint density at radius 1 is 1.27 bits per heavy atom. The maximum Gasteiger partial charge on any atom is 0.342 e. The first-order valence-electron chi connectivity index (χ1n) is 6.60. The zero-order valence-electron chi connectivity index (χ0n) is 12.3. The van der Waals surface area contributed by atoms with Gasteiger partial charge in [-0.1, -0.05) is 12.1 Å². The van der Waals surface area contributed by atoms with Crippen LogP contribution in [0.3, 0.4) is 0 Å². The molecule has 3 N–H and O–H groups in total. The summed E-state index contributed by atoms with van der Waals surface area (Å²) in [5, 5.41) is 11.7. The van der Waals surface area contributed by atoms with Gasteiger partial charge >= 0.3 is 10.2 Å². The number of nitrogens with one attached hydrogen (secondary N) is 2. The van der Waals surface area contributed by atoms with Gasteiger partial charge in [-0.05, 0) is 31.5 Å². The number of aliphatic hydroxyl groups excluding tert-OH is 1. The fourth-order valence-corrected chi connectivity index (χ4v) is 3.13. The Bertz CT molecular complexity index is 749. The van der Waals surface area contributed by atoms with Gasteiger partial charge in [0.2, 0.25) is 5.91 Å². The Kier molecular flexibility index (Phi) is 4.62. The molecular weight excluding hydrogens is 306 g/mol. The molecule has 0 fully saturated rings. The normalized spacial score (nSPS) is 16.8. The Morgan fingerprint density at radius 2 is 1.91 bits per heavy atom. The zero-order chi connectivity index (χ0) is 16.3. The third-order valence-electron chi connectivity index (χ3n) is 3.19. The summed E-state index contributed by atoms with van der Waals surface area (Å²) in [6.45, 7) is 3.09. The summed E-state index contributed by atoms with van der Waals surface area (Å²) in [5.41, 5.74) is 2.62. The van der Waals surface area contributed by atoms with Gasteiger partial charge in [0.1, 0.15) is 0 Å². The first kappa shape index (κ1) is 16.2. The molecule has 1 aromatic carbocycles. The lowest BCUT2D eigenvalue weighted by atomic mass is 10.1. The van der Waals surface area contributed by atoms with Crippen LogP contribution < -0.4 is 10.0 Å². The van der Waals surface area contributed by atoms with Crippen molar-refractivity contribution in [3.63, 3.8) is 0 Å². The summed E-state index contributed by atoms with van der Waals surface area (Å²) >= 11 is 0. The number of nitrogens with zero attached hydrogens (tertiary/aromatic N) is 1. The van der Waals surface area contributed by atoms with Crippen LogP contribution >= 0.6 is 0 Å². The first-order valence-corrected chi connectivity index (χ1v) is 8.04. The molecule has 1 amide bonds. The topological polar surface area (TPSA) is 108 Å². The summed E-state index contributed by atoms with van der Waals surface area (Å²) < 4.78 is 28.6. The minimum Gasteiger partial charge on any atom is -0.392 e. The van der Waals surface area contributed by atoms with E-state index >= 15 is 0 Å². The van der Waals surface area contributed by atoms with E-state index in [0.29, 0.717) is 22.7 Å². The first-order chi connectivity index (χ1) is 10.3. The average molecular weight is 323 g/mol. The van der Waals surface area contributed by atoms with E-state index in [9.17, 15) is 13.2 Å². The third-order valence-corrected chi connectivity index (χ3v) is 4.26. The number of allylic oxidation sites excluding steroid dienone is 1. The number of carbonyl (C=O) groups is 1. The van der Waals surface area contributed by atoms with E-state index in [1.165, 1.54) is 0 Å². The third kappa shape index (κ3) is 3.92. The fraction of sp³-hybridized carbons (Fsp3) is 0.286. The zero-order valence-corrected chi connectivity index (χ0v) is 13.1. The van der Waals surface area contributed by atoms with E-state index in [1.54, 1.807) is 38.1 Å². The van der Waals surface area contributed by atoms with Gasteiger partial charge < -0.3 is 10.4 Å². The molecule has 1 aromatic rings. The van der Waals surface area contributed by atoms with Crippen LogP contribution in [0, 0.1) is 0 Å². The molecule has 0 unspecified atom stereocenters. The number of benzene rings is 1. The van der Waals surface area contributed by atoms with E-state index < -0.39 is 10.2 Å². The highest BCUT2D eigenvalue weighted by Gasteiger charge is 2.22. The van der Waals surface area contributed by atoms with Crippen molar-refractivity contribution in [2.24, 2.45) is 4.40 Å². The lowest BCUT2D eigenvalue weighted by Gasteiger charge is -2.17. The maximum atomic E-state index is 12.1. The molecule has 2 rings (SSSR count). The van der Waals surface area contributed by atoms with Gasteiger partial charge in [-0.25, -0.2) is 0 Å². The molecule has 8 heteroatoms. The minimum absolute atomic E-state index is 0.0193. The predicted octanol–water partition coefficient (Wildman–Crippen LogP) is 1.09. The van der Waals surface area contributed by atoms with Crippen molar-refractivity contribution in [1.29, 1.82) is 0 Å². The number of amides is 1. The van der Waals surface area contributed by atoms with Gasteiger partial charge in [0, 0.05) is 17.0 Å². The summed E-state index contributed by atoms with van der Waals surface area (Å²) in [4.78, 5) is 12.1. The molecule has 0 bridgehead atoms. The SMILES string of the molecule is CC1=NS(=O)(=O)NC(C)=C1CC(=O)Nc1ccc(CO)cc1. The lowest BCUT2D eigenvalue weighted by molar-refractivity contribution is -0.115. The largest absolute Gasteiger partial charge is 0.392 e. The van der Waals surface area contributed by atoms with Crippen LogP contribution in [0.15, 0.2) is 39.9 Å². The number of aliphatic hydroxyl groups is 1. The molecular formula is C14H17N3O4S. The van der Waals surface area contributed by atoms with Gasteiger partial charge in [-0.15, -0.1) is 4.40 Å². The van der Waals surface area contributed by atoms with E-state index in [0.717, 1.165) is 5.56 Å². The van der Waals surface area contributed by atoms with Crippen LogP contribution in [0.1, 0.15) is 25.8 Å². The molecule has 7 nitrogen and oxygen atoms in total. The summed E-state index contributed by atoms with van der Waals surface area (Å²) in [6.07, 6.45) is 0.0193. The molecule has 0 saturated heterocycles. The molecule has 1 aliphatic rings. The van der Waals surface area contributed by atoms with E-state index in [1.807, 2.05) is 0 Å². The molecule has 1 heterocycles. The van der Waals surface area contributed by atoms with Gasteiger partial charge in [0.25, 0.3) is 0 Å². The molecule has 0 aliphatic carbocycles. The lowest BCUT2D eigenvalue weighted by Crippen LogP contribution is -2.29. The highest BCUT2D eigenvalue weighted by Crippen LogP contribution is 2.18. The van der Waals surface area contributed by atoms with Crippen LogP contribution in [-0.2, 0) is 21.6 Å². The van der Waals surface area contributed by atoms with Gasteiger partial charge in [0.05, 0.1) is 18.7 Å². The van der Waals surface area contributed by atoms with Crippen LogP contribution in [0.2, 0.25) is 0 Å². The average Bonchev–Trinajstić information content (AvgIpc) is 2.43. The number of hydrogen-bond acceptors (Lipinski definition) is 4. The second-order valence-corrected chi connectivity index (χ2v) is 6.27. The molecule has 0 spiro atoms. The van der Waals surface area contributed by atoms with Gasteiger partial charge in [0.15, 0.2) is 0 Å². The monoisotopic (exact) mass is 323 g/mol. The Hall–Kier alpha value is -2.19. The van der Waals surface area contributed by atoms with Crippen molar-refractivity contribution in [2.45, 2.75) is 26.9 Å². The molecule has 0 radical (unpaired) electrons. The molecule has 1 aliphatic heterocycles. The Labute approximate surface area is 129 Å². The highest BCUT2D eigenvalue weighted by molar-refractivity contribution is 7.88. The van der Waals surface area contributed by atoms with Crippen molar-refractivity contribution in [1.82, 2.24) is 4.72 Å².